The van der Waals surface area contributed by atoms with E-state index in [9.17, 15) is 13.2 Å². The van der Waals surface area contributed by atoms with E-state index in [0.717, 1.165) is 12.0 Å². The molecule has 0 bridgehead atoms. The number of benzene rings is 2. The van der Waals surface area contributed by atoms with E-state index >= 15 is 0 Å². The third-order valence-electron chi connectivity index (χ3n) is 4.01. The van der Waals surface area contributed by atoms with Crippen molar-refractivity contribution >= 4 is 27.4 Å². The van der Waals surface area contributed by atoms with Crippen molar-refractivity contribution in [3.05, 3.63) is 72.8 Å². The van der Waals surface area contributed by atoms with Gasteiger partial charge in [-0.1, -0.05) is 49.4 Å². The molecule has 2 amide bonds. The minimum atomic E-state index is -3.38. The largest absolute Gasteiger partial charge is 0.322 e. The van der Waals surface area contributed by atoms with E-state index in [0.29, 0.717) is 30.9 Å². The topological polar surface area (TPSA) is 78.5 Å². The van der Waals surface area contributed by atoms with E-state index in [-0.39, 0.29) is 11.8 Å². The molecule has 28 heavy (non-hydrogen) atoms. The molecule has 7 heteroatoms. The van der Waals surface area contributed by atoms with Crippen LogP contribution >= 0.6 is 0 Å². The summed E-state index contributed by atoms with van der Waals surface area (Å²) in [5, 5.41) is 2.83. The number of anilines is 2. The monoisotopic (exact) mass is 401 g/mol. The van der Waals surface area contributed by atoms with Gasteiger partial charge in [-0.2, -0.15) is 0 Å². The molecular formula is C21H27N3O3S. The first-order chi connectivity index (χ1) is 13.4. The normalized spacial score (nSPS) is 10.9. The maximum atomic E-state index is 12.7. The molecule has 0 fully saturated rings. The molecule has 0 aromatic heterocycles. The van der Waals surface area contributed by atoms with Crippen LogP contribution in [0.15, 0.2) is 67.3 Å². The van der Waals surface area contributed by atoms with Crippen LogP contribution < -0.4 is 10.0 Å². The van der Waals surface area contributed by atoms with Gasteiger partial charge in [-0.25, -0.2) is 13.2 Å². The molecule has 150 valence electrons. The lowest BCUT2D eigenvalue weighted by Crippen LogP contribution is -2.36. The van der Waals surface area contributed by atoms with Crippen LogP contribution in [0.4, 0.5) is 16.2 Å². The second-order valence-corrected chi connectivity index (χ2v) is 8.24. The Balaban J connectivity index is 2.02. The van der Waals surface area contributed by atoms with Crippen LogP contribution in [-0.2, 0) is 16.4 Å². The van der Waals surface area contributed by atoms with Crippen LogP contribution in [0, 0.1) is 0 Å². The minimum absolute atomic E-state index is 0.0518. The van der Waals surface area contributed by atoms with E-state index in [1.807, 2.05) is 30.3 Å². The molecule has 0 radical (unpaired) electrons. The predicted molar refractivity (Wildman–Crippen MR) is 115 cm³/mol. The molecule has 0 spiro atoms. The number of urea groups is 1. The van der Waals surface area contributed by atoms with Gasteiger partial charge in [0.25, 0.3) is 0 Å². The molecule has 0 aliphatic carbocycles. The smallest absolute Gasteiger partial charge is 0.320 e. The third kappa shape index (κ3) is 7.08. The number of amides is 2. The lowest BCUT2D eigenvalue weighted by molar-refractivity contribution is 0.217. The number of sulfonamides is 1. The van der Waals surface area contributed by atoms with E-state index in [2.05, 4.69) is 16.6 Å². The summed E-state index contributed by atoms with van der Waals surface area (Å²) in [6.45, 7) is 6.49. The maximum Gasteiger partial charge on any atom is 0.322 e. The summed E-state index contributed by atoms with van der Waals surface area (Å²) >= 11 is 0. The van der Waals surface area contributed by atoms with Crippen molar-refractivity contribution in [2.75, 3.05) is 28.9 Å². The molecule has 0 unspecified atom stereocenters. The summed E-state index contributed by atoms with van der Waals surface area (Å²) in [6.07, 6.45) is 2.95. The first kappa shape index (κ1) is 21.5. The van der Waals surface area contributed by atoms with Gasteiger partial charge in [0, 0.05) is 18.8 Å². The molecule has 0 saturated carbocycles. The molecular weight excluding hydrogens is 374 g/mol. The number of nitrogens with one attached hydrogen (secondary N) is 2. The molecule has 6 nitrogen and oxygen atoms in total. The Kier molecular flexibility index (Phi) is 8.07. The van der Waals surface area contributed by atoms with E-state index in [1.54, 1.807) is 42.2 Å². The van der Waals surface area contributed by atoms with Gasteiger partial charge in [-0.15, -0.1) is 6.58 Å². The minimum Gasteiger partial charge on any atom is -0.320 e. The maximum absolute atomic E-state index is 12.7. The van der Waals surface area contributed by atoms with Crippen LogP contribution in [0.5, 0.6) is 0 Å². The SMILES string of the molecule is C=CCN(CCc1ccccc1)C(=O)Nc1cccc(NS(=O)(=O)CCC)c1. The molecule has 0 aliphatic rings. The summed E-state index contributed by atoms with van der Waals surface area (Å²) in [5.41, 5.74) is 2.10. The van der Waals surface area contributed by atoms with Gasteiger partial charge in [-0.05, 0) is 36.6 Å². The van der Waals surface area contributed by atoms with E-state index in [1.165, 1.54) is 0 Å². The van der Waals surface area contributed by atoms with Crippen LogP contribution in [0.3, 0.4) is 0 Å². The number of rotatable bonds is 10. The average Bonchev–Trinajstić information content (AvgIpc) is 2.65. The fourth-order valence-electron chi connectivity index (χ4n) is 2.70. The van der Waals surface area contributed by atoms with E-state index in [4.69, 9.17) is 0 Å². The van der Waals surface area contributed by atoms with Crippen molar-refractivity contribution in [2.45, 2.75) is 19.8 Å². The summed E-state index contributed by atoms with van der Waals surface area (Å²) in [7, 11) is -3.38. The molecule has 2 rings (SSSR count). The van der Waals surface area contributed by atoms with E-state index < -0.39 is 10.0 Å². The molecule has 2 aromatic rings. The zero-order valence-corrected chi connectivity index (χ0v) is 16.9. The molecule has 2 N–H and O–H groups in total. The predicted octanol–water partition coefficient (Wildman–Crippen LogP) is 4.10. The second-order valence-electron chi connectivity index (χ2n) is 6.40. The van der Waals surface area contributed by atoms with Gasteiger partial charge in [0.05, 0.1) is 11.4 Å². The standard InChI is InChI=1S/C21H27N3O3S/c1-3-14-24(15-13-18-9-6-5-7-10-18)21(25)22-19-11-8-12-20(17-19)23-28(26,27)16-4-2/h3,5-12,17,23H,1,4,13-16H2,2H3,(H,22,25). The average molecular weight is 402 g/mol. The first-order valence-electron chi connectivity index (χ1n) is 9.25. The number of carbonyl (C=O) groups is 1. The zero-order valence-electron chi connectivity index (χ0n) is 16.1. The Morgan fingerprint density at radius 3 is 2.50 bits per heavy atom. The highest BCUT2D eigenvalue weighted by atomic mass is 32.2. The lowest BCUT2D eigenvalue weighted by Gasteiger charge is -2.22. The fraction of sp³-hybridized carbons (Fsp3) is 0.286. The van der Waals surface area contributed by atoms with Crippen LogP contribution in [0.1, 0.15) is 18.9 Å². The van der Waals surface area contributed by atoms with Crippen LogP contribution in [0.25, 0.3) is 0 Å². The van der Waals surface area contributed by atoms with Crippen molar-refractivity contribution in [1.29, 1.82) is 0 Å². The van der Waals surface area contributed by atoms with Gasteiger partial charge in [0.1, 0.15) is 0 Å². The molecule has 0 atom stereocenters. The van der Waals surface area contributed by atoms with Crippen molar-refractivity contribution < 1.29 is 13.2 Å². The Morgan fingerprint density at radius 1 is 1.11 bits per heavy atom. The van der Waals surface area contributed by atoms with Crippen molar-refractivity contribution in [3.8, 4) is 0 Å². The summed E-state index contributed by atoms with van der Waals surface area (Å²) in [4.78, 5) is 14.3. The van der Waals surface area contributed by atoms with Gasteiger partial charge in [-0.3, -0.25) is 4.72 Å². The Labute approximate surface area is 167 Å². The molecule has 0 saturated heterocycles. The summed E-state index contributed by atoms with van der Waals surface area (Å²) in [5.74, 6) is 0.0518. The van der Waals surface area contributed by atoms with Gasteiger partial charge in [0.15, 0.2) is 0 Å². The van der Waals surface area contributed by atoms with Crippen LogP contribution in [0.2, 0.25) is 0 Å². The number of hydrogen-bond acceptors (Lipinski definition) is 3. The van der Waals surface area contributed by atoms with Crippen molar-refractivity contribution in [2.24, 2.45) is 0 Å². The molecule has 2 aromatic carbocycles. The Hall–Kier alpha value is -2.80. The van der Waals surface area contributed by atoms with Crippen LogP contribution in [-0.4, -0.2) is 38.2 Å². The van der Waals surface area contributed by atoms with Gasteiger partial charge < -0.3 is 10.2 Å². The summed E-state index contributed by atoms with van der Waals surface area (Å²) in [6, 6.07) is 16.4. The highest BCUT2D eigenvalue weighted by molar-refractivity contribution is 7.92. The van der Waals surface area contributed by atoms with Gasteiger partial charge in [0.2, 0.25) is 10.0 Å². The second kappa shape index (κ2) is 10.5. The number of hydrogen-bond donors (Lipinski definition) is 2. The van der Waals surface area contributed by atoms with Crippen molar-refractivity contribution in [1.82, 2.24) is 4.90 Å². The third-order valence-corrected chi connectivity index (χ3v) is 5.50. The zero-order chi connectivity index (χ0) is 20.4. The number of nitrogens with zero attached hydrogens (tertiary/aromatic N) is 1. The first-order valence-corrected chi connectivity index (χ1v) is 10.9. The quantitative estimate of drug-likeness (QED) is 0.588. The highest BCUT2D eigenvalue weighted by Gasteiger charge is 2.13. The Morgan fingerprint density at radius 2 is 1.82 bits per heavy atom. The Bertz CT molecular complexity index is 883. The molecule has 0 aliphatic heterocycles. The molecule has 0 heterocycles. The van der Waals surface area contributed by atoms with Crippen molar-refractivity contribution in [3.63, 3.8) is 0 Å². The lowest BCUT2D eigenvalue weighted by atomic mass is 10.1. The van der Waals surface area contributed by atoms with Gasteiger partial charge >= 0.3 is 6.03 Å². The fourth-order valence-corrected chi connectivity index (χ4v) is 3.83. The number of carbonyl (C=O) groups excluding carboxylic acids is 1. The summed E-state index contributed by atoms with van der Waals surface area (Å²) < 4.78 is 26.4. The highest BCUT2D eigenvalue weighted by Crippen LogP contribution is 2.17.